The SMILES string of the molecule is COCCCCOc1c(CCN)cccc1OC. The molecule has 0 aliphatic heterocycles. The second-order valence-electron chi connectivity index (χ2n) is 4.04. The number of methoxy groups -OCH3 is 2. The van der Waals surface area contributed by atoms with Gasteiger partial charge in [0.2, 0.25) is 0 Å². The number of hydrogen-bond acceptors (Lipinski definition) is 4. The summed E-state index contributed by atoms with van der Waals surface area (Å²) in [5.74, 6) is 1.59. The van der Waals surface area contributed by atoms with E-state index in [0.29, 0.717) is 13.2 Å². The van der Waals surface area contributed by atoms with E-state index in [-0.39, 0.29) is 0 Å². The fraction of sp³-hybridized carbons (Fsp3) is 0.571. The molecule has 0 fully saturated rings. The van der Waals surface area contributed by atoms with E-state index in [2.05, 4.69) is 0 Å². The van der Waals surface area contributed by atoms with E-state index in [1.54, 1.807) is 14.2 Å². The first kappa shape index (κ1) is 14.8. The van der Waals surface area contributed by atoms with Gasteiger partial charge in [0, 0.05) is 13.7 Å². The maximum atomic E-state index is 5.82. The van der Waals surface area contributed by atoms with Crippen LogP contribution in [0.3, 0.4) is 0 Å². The van der Waals surface area contributed by atoms with Gasteiger partial charge in [-0.2, -0.15) is 0 Å². The molecular weight excluding hydrogens is 230 g/mol. The second kappa shape index (κ2) is 8.78. The number of benzene rings is 1. The fourth-order valence-electron chi connectivity index (χ4n) is 1.76. The third-order valence-electron chi connectivity index (χ3n) is 2.68. The number of rotatable bonds is 9. The minimum Gasteiger partial charge on any atom is -0.493 e. The zero-order chi connectivity index (χ0) is 13.2. The first-order valence-corrected chi connectivity index (χ1v) is 6.31. The minimum atomic E-state index is 0.604. The molecule has 0 aromatic heterocycles. The third kappa shape index (κ3) is 4.55. The van der Waals surface area contributed by atoms with E-state index in [4.69, 9.17) is 19.9 Å². The Hall–Kier alpha value is -1.26. The van der Waals surface area contributed by atoms with Crippen molar-refractivity contribution in [1.82, 2.24) is 0 Å². The van der Waals surface area contributed by atoms with Crippen LogP contribution in [0.4, 0.5) is 0 Å². The van der Waals surface area contributed by atoms with Crippen molar-refractivity contribution < 1.29 is 14.2 Å². The van der Waals surface area contributed by atoms with Crippen molar-refractivity contribution in [2.75, 3.05) is 34.0 Å². The van der Waals surface area contributed by atoms with E-state index in [0.717, 1.165) is 42.9 Å². The molecule has 0 unspecified atom stereocenters. The van der Waals surface area contributed by atoms with E-state index in [9.17, 15) is 0 Å². The number of nitrogens with two attached hydrogens (primary N) is 1. The molecule has 0 amide bonds. The Kier molecular flexibility index (Phi) is 7.22. The van der Waals surface area contributed by atoms with Crippen LogP contribution < -0.4 is 15.2 Å². The Balaban J connectivity index is 2.60. The van der Waals surface area contributed by atoms with Gasteiger partial charge in [0.25, 0.3) is 0 Å². The van der Waals surface area contributed by atoms with Gasteiger partial charge in [-0.05, 0) is 37.4 Å². The molecule has 1 aromatic carbocycles. The Labute approximate surface area is 109 Å². The van der Waals surface area contributed by atoms with Gasteiger partial charge in [0.1, 0.15) is 0 Å². The second-order valence-corrected chi connectivity index (χ2v) is 4.04. The number of unbranched alkanes of at least 4 members (excludes halogenated alkanes) is 1. The van der Waals surface area contributed by atoms with E-state index < -0.39 is 0 Å². The van der Waals surface area contributed by atoms with Crippen molar-refractivity contribution in [1.29, 1.82) is 0 Å². The summed E-state index contributed by atoms with van der Waals surface area (Å²) < 4.78 is 16.1. The first-order chi connectivity index (χ1) is 8.83. The molecule has 1 rings (SSSR count). The predicted molar refractivity (Wildman–Crippen MR) is 72.4 cm³/mol. The van der Waals surface area contributed by atoms with Crippen LogP contribution in [0, 0.1) is 0 Å². The lowest BCUT2D eigenvalue weighted by Gasteiger charge is -2.14. The van der Waals surface area contributed by atoms with Crippen LogP contribution in [-0.2, 0) is 11.2 Å². The molecule has 0 aliphatic rings. The molecule has 0 aliphatic carbocycles. The highest BCUT2D eigenvalue weighted by Gasteiger charge is 2.09. The van der Waals surface area contributed by atoms with Gasteiger partial charge < -0.3 is 19.9 Å². The van der Waals surface area contributed by atoms with Crippen LogP contribution in [-0.4, -0.2) is 34.0 Å². The maximum Gasteiger partial charge on any atom is 0.164 e. The monoisotopic (exact) mass is 253 g/mol. The lowest BCUT2D eigenvalue weighted by molar-refractivity contribution is 0.183. The van der Waals surface area contributed by atoms with Crippen LogP contribution in [0.2, 0.25) is 0 Å². The quantitative estimate of drug-likeness (QED) is 0.684. The van der Waals surface area contributed by atoms with E-state index >= 15 is 0 Å². The van der Waals surface area contributed by atoms with Crippen molar-refractivity contribution in [2.45, 2.75) is 19.3 Å². The minimum absolute atomic E-state index is 0.604. The molecule has 0 spiro atoms. The third-order valence-corrected chi connectivity index (χ3v) is 2.68. The molecule has 18 heavy (non-hydrogen) atoms. The van der Waals surface area contributed by atoms with Gasteiger partial charge >= 0.3 is 0 Å². The molecule has 1 aromatic rings. The summed E-state index contributed by atoms with van der Waals surface area (Å²) in [5.41, 5.74) is 6.70. The lowest BCUT2D eigenvalue weighted by atomic mass is 10.1. The van der Waals surface area contributed by atoms with Gasteiger partial charge in [0.15, 0.2) is 11.5 Å². The van der Waals surface area contributed by atoms with Crippen LogP contribution in [0.5, 0.6) is 11.5 Å². The van der Waals surface area contributed by atoms with Crippen molar-refractivity contribution in [3.63, 3.8) is 0 Å². The molecular formula is C14H23NO3. The Bertz CT molecular complexity index is 342. The molecule has 4 nitrogen and oxygen atoms in total. The van der Waals surface area contributed by atoms with Crippen LogP contribution in [0.15, 0.2) is 18.2 Å². The largest absolute Gasteiger partial charge is 0.493 e. The first-order valence-electron chi connectivity index (χ1n) is 6.31. The van der Waals surface area contributed by atoms with Gasteiger partial charge in [-0.3, -0.25) is 0 Å². The van der Waals surface area contributed by atoms with Crippen molar-refractivity contribution in [2.24, 2.45) is 5.73 Å². The summed E-state index contributed by atoms with van der Waals surface area (Å²) in [7, 11) is 3.36. The summed E-state index contributed by atoms with van der Waals surface area (Å²) in [6.07, 6.45) is 2.76. The normalized spacial score (nSPS) is 10.4. The van der Waals surface area contributed by atoms with Gasteiger partial charge in [-0.1, -0.05) is 12.1 Å². The van der Waals surface area contributed by atoms with Crippen LogP contribution >= 0.6 is 0 Å². The van der Waals surface area contributed by atoms with Gasteiger partial charge in [0.05, 0.1) is 13.7 Å². The molecule has 0 radical (unpaired) electrons. The van der Waals surface area contributed by atoms with Gasteiger partial charge in [-0.15, -0.1) is 0 Å². The predicted octanol–water partition coefficient (Wildman–Crippen LogP) is 2.00. The highest BCUT2D eigenvalue weighted by atomic mass is 16.5. The van der Waals surface area contributed by atoms with Crippen LogP contribution in [0.25, 0.3) is 0 Å². The molecule has 2 N–H and O–H groups in total. The van der Waals surface area contributed by atoms with Crippen LogP contribution in [0.1, 0.15) is 18.4 Å². The number of ether oxygens (including phenoxy) is 3. The molecule has 102 valence electrons. The smallest absolute Gasteiger partial charge is 0.164 e. The average molecular weight is 253 g/mol. The molecule has 0 saturated carbocycles. The standard InChI is InChI=1S/C14H23NO3/c1-16-10-3-4-11-18-14-12(8-9-15)6-5-7-13(14)17-2/h5-7H,3-4,8-11,15H2,1-2H3. The van der Waals surface area contributed by atoms with E-state index in [1.165, 1.54) is 0 Å². The zero-order valence-corrected chi connectivity index (χ0v) is 11.3. The number of hydrogen-bond donors (Lipinski definition) is 1. The molecule has 0 heterocycles. The topological polar surface area (TPSA) is 53.7 Å². The molecule has 0 bridgehead atoms. The Morgan fingerprint density at radius 3 is 2.56 bits per heavy atom. The fourth-order valence-corrected chi connectivity index (χ4v) is 1.76. The zero-order valence-electron chi connectivity index (χ0n) is 11.3. The van der Waals surface area contributed by atoms with Crippen molar-refractivity contribution in [3.05, 3.63) is 23.8 Å². The maximum absolute atomic E-state index is 5.82. The lowest BCUT2D eigenvalue weighted by Crippen LogP contribution is -2.07. The highest BCUT2D eigenvalue weighted by Crippen LogP contribution is 2.31. The summed E-state index contributed by atoms with van der Waals surface area (Å²) in [4.78, 5) is 0. The molecule has 4 heteroatoms. The Morgan fingerprint density at radius 2 is 1.89 bits per heavy atom. The number of para-hydroxylation sites is 1. The van der Waals surface area contributed by atoms with Gasteiger partial charge in [-0.25, -0.2) is 0 Å². The molecule has 0 saturated heterocycles. The van der Waals surface area contributed by atoms with Crippen molar-refractivity contribution in [3.8, 4) is 11.5 Å². The Morgan fingerprint density at radius 1 is 1.11 bits per heavy atom. The van der Waals surface area contributed by atoms with E-state index in [1.807, 2.05) is 18.2 Å². The average Bonchev–Trinajstić information content (AvgIpc) is 2.40. The molecule has 0 atom stereocenters. The van der Waals surface area contributed by atoms with Crippen molar-refractivity contribution >= 4 is 0 Å². The summed E-state index contributed by atoms with van der Waals surface area (Å²) in [5, 5.41) is 0. The summed E-state index contributed by atoms with van der Waals surface area (Å²) >= 11 is 0. The summed E-state index contributed by atoms with van der Waals surface area (Å²) in [6, 6.07) is 5.89. The highest BCUT2D eigenvalue weighted by molar-refractivity contribution is 5.46. The summed E-state index contributed by atoms with van der Waals surface area (Å²) in [6.45, 7) is 2.04.